The second-order valence-electron chi connectivity index (χ2n) is 6.47. The SMILES string of the molecule is CC[C@@H]1CN(C(=O)OC)[C@@H]2C[C@H]1C(=O)c1[nH]c3ccccc3c12. The first-order valence-electron chi connectivity index (χ1n) is 8.15. The second-order valence-corrected chi connectivity index (χ2v) is 6.47. The summed E-state index contributed by atoms with van der Waals surface area (Å²) < 4.78 is 5.00. The third kappa shape index (κ3) is 1.92. The molecule has 1 aromatic heterocycles. The zero-order valence-corrected chi connectivity index (χ0v) is 13.3. The number of nitrogens with one attached hydrogen (secondary N) is 1. The maximum atomic E-state index is 12.9. The molecule has 4 rings (SSSR count). The minimum absolute atomic E-state index is 0.00790. The summed E-state index contributed by atoms with van der Waals surface area (Å²) in [5.41, 5.74) is 2.59. The molecule has 1 amide bonds. The maximum Gasteiger partial charge on any atom is 0.410 e. The van der Waals surface area contributed by atoms with Crippen molar-refractivity contribution in [3.8, 4) is 0 Å². The highest BCUT2D eigenvalue weighted by molar-refractivity contribution is 6.05. The molecular formula is C18H20N2O3. The molecule has 2 aliphatic rings. The fourth-order valence-electron chi connectivity index (χ4n) is 4.28. The van der Waals surface area contributed by atoms with Gasteiger partial charge in [0.15, 0.2) is 5.78 Å². The molecule has 2 heterocycles. The first-order chi connectivity index (χ1) is 11.2. The molecule has 2 bridgehead atoms. The molecule has 0 saturated carbocycles. The number of ketones is 1. The number of hydrogen-bond acceptors (Lipinski definition) is 3. The quantitative estimate of drug-likeness (QED) is 0.876. The molecule has 1 aliphatic carbocycles. The molecule has 0 spiro atoms. The fourth-order valence-corrected chi connectivity index (χ4v) is 4.28. The molecule has 1 aliphatic heterocycles. The molecule has 5 nitrogen and oxygen atoms in total. The van der Waals surface area contributed by atoms with Crippen molar-refractivity contribution < 1.29 is 14.3 Å². The number of ether oxygens (including phenoxy) is 1. The number of hydrogen-bond donors (Lipinski definition) is 1. The number of carbonyl (C=O) groups excluding carboxylic acids is 2. The van der Waals surface area contributed by atoms with Crippen LogP contribution in [-0.2, 0) is 4.74 Å². The molecule has 1 N–H and O–H groups in total. The van der Waals surface area contributed by atoms with Gasteiger partial charge in [0.1, 0.15) is 0 Å². The molecular weight excluding hydrogens is 292 g/mol. The highest BCUT2D eigenvalue weighted by atomic mass is 16.5. The van der Waals surface area contributed by atoms with Gasteiger partial charge >= 0.3 is 6.09 Å². The number of fused-ring (bicyclic) bond motifs is 6. The van der Waals surface area contributed by atoms with Gasteiger partial charge < -0.3 is 14.6 Å². The number of methoxy groups -OCH3 is 1. The molecule has 0 unspecified atom stereocenters. The third-order valence-corrected chi connectivity index (χ3v) is 5.45. The van der Waals surface area contributed by atoms with Gasteiger partial charge in [0.2, 0.25) is 0 Å². The van der Waals surface area contributed by atoms with Crippen molar-refractivity contribution in [2.24, 2.45) is 11.8 Å². The van der Waals surface area contributed by atoms with Crippen LogP contribution in [0.5, 0.6) is 0 Å². The van der Waals surface area contributed by atoms with E-state index in [9.17, 15) is 9.59 Å². The largest absolute Gasteiger partial charge is 0.453 e. The lowest BCUT2D eigenvalue weighted by molar-refractivity contribution is 0.0350. The van der Waals surface area contributed by atoms with Crippen molar-refractivity contribution in [1.82, 2.24) is 9.88 Å². The van der Waals surface area contributed by atoms with Crippen LogP contribution in [0.1, 0.15) is 41.9 Å². The number of rotatable bonds is 1. The molecule has 2 aromatic rings. The number of piperidine rings is 1. The van der Waals surface area contributed by atoms with Crippen LogP contribution in [0.3, 0.4) is 0 Å². The van der Waals surface area contributed by atoms with E-state index in [1.165, 1.54) is 7.11 Å². The Kier molecular flexibility index (Phi) is 3.18. The Morgan fingerprint density at radius 2 is 2.17 bits per heavy atom. The number of aromatic amines is 1. The Bertz CT molecular complexity index is 795. The number of Topliss-reactive ketones (excluding diaryl/α,β-unsaturated/α-hetero) is 1. The van der Waals surface area contributed by atoms with Gasteiger partial charge in [-0.15, -0.1) is 0 Å². The highest BCUT2D eigenvalue weighted by Gasteiger charge is 2.48. The van der Waals surface area contributed by atoms with Crippen molar-refractivity contribution in [3.63, 3.8) is 0 Å². The van der Waals surface area contributed by atoms with Gasteiger partial charge in [0, 0.05) is 28.9 Å². The van der Waals surface area contributed by atoms with Crippen molar-refractivity contribution in [1.29, 1.82) is 0 Å². The average Bonchev–Trinajstić information content (AvgIpc) is 2.98. The lowest BCUT2D eigenvalue weighted by Crippen LogP contribution is -2.50. The zero-order valence-electron chi connectivity index (χ0n) is 13.3. The number of benzene rings is 1. The number of nitrogens with zero attached hydrogens (tertiary/aromatic N) is 1. The Morgan fingerprint density at radius 1 is 1.39 bits per heavy atom. The number of H-pyrrole nitrogens is 1. The predicted molar refractivity (Wildman–Crippen MR) is 86.4 cm³/mol. The van der Waals surface area contributed by atoms with E-state index in [0.717, 1.165) is 22.9 Å². The lowest BCUT2D eigenvalue weighted by atomic mass is 9.71. The number of para-hydroxylation sites is 1. The normalized spacial score (nSPS) is 26.3. The Hall–Kier alpha value is -2.30. The minimum atomic E-state index is -0.308. The second kappa shape index (κ2) is 5.11. The molecule has 5 heteroatoms. The molecule has 3 atom stereocenters. The number of amides is 1. The summed E-state index contributed by atoms with van der Waals surface area (Å²) in [7, 11) is 1.42. The fraction of sp³-hybridized carbons (Fsp3) is 0.444. The van der Waals surface area contributed by atoms with Crippen LogP contribution < -0.4 is 0 Å². The summed E-state index contributed by atoms with van der Waals surface area (Å²) >= 11 is 0. The molecule has 1 aromatic carbocycles. The Balaban J connectivity index is 1.92. The molecule has 120 valence electrons. The Labute approximate surface area is 134 Å². The Morgan fingerprint density at radius 3 is 2.91 bits per heavy atom. The number of aromatic nitrogens is 1. The molecule has 23 heavy (non-hydrogen) atoms. The first-order valence-corrected chi connectivity index (χ1v) is 8.15. The summed E-state index contributed by atoms with van der Waals surface area (Å²) in [6.07, 6.45) is 1.27. The van der Waals surface area contributed by atoms with Crippen LogP contribution >= 0.6 is 0 Å². The van der Waals surface area contributed by atoms with Crippen LogP contribution in [-0.4, -0.2) is 35.4 Å². The van der Waals surface area contributed by atoms with Crippen molar-refractivity contribution in [2.45, 2.75) is 25.8 Å². The van der Waals surface area contributed by atoms with Gasteiger partial charge in [0.25, 0.3) is 0 Å². The van der Waals surface area contributed by atoms with Gasteiger partial charge in [-0.3, -0.25) is 4.79 Å². The van der Waals surface area contributed by atoms with E-state index in [1.54, 1.807) is 4.90 Å². The van der Waals surface area contributed by atoms with Gasteiger partial charge in [-0.1, -0.05) is 31.5 Å². The average molecular weight is 312 g/mol. The summed E-state index contributed by atoms with van der Waals surface area (Å²) in [5, 5.41) is 1.03. The van der Waals surface area contributed by atoms with Crippen molar-refractivity contribution in [2.75, 3.05) is 13.7 Å². The summed E-state index contributed by atoms with van der Waals surface area (Å²) in [6.45, 7) is 2.66. The standard InChI is InChI=1S/C18H20N2O3/c1-3-10-9-20(18(22)23-2)14-8-12(10)17(21)16-15(14)11-6-4-5-7-13(11)19-16/h4-7,10,12,14,19H,3,8-9H2,1-2H3/t10-,12-,14-/m1/s1. The van der Waals surface area contributed by atoms with Crippen LogP contribution in [0.2, 0.25) is 0 Å². The molecule has 1 saturated heterocycles. The number of likely N-dealkylation sites (tertiary alicyclic amines) is 1. The van der Waals surface area contributed by atoms with Gasteiger partial charge in [-0.05, 0) is 18.4 Å². The molecule has 0 radical (unpaired) electrons. The van der Waals surface area contributed by atoms with Gasteiger partial charge in [-0.2, -0.15) is 0 Å². The van der Waals surface area contributed by atoms with Gasteiger partial charge in [0.05, 0.1) is 18.8 Å². The zero-order chi connectivity index (χ0) is 16.1. The van der Waals surface area contributed by atoms with Crippen molar-refractivity contribution >= 4 is 22.8 Å². The first kappa shape index (κ1) is 14.3. The number of carbonyl (C=O) groups is 2. The van der Waals surface area contributed by atoms with Crippen LogP contribution in [0.25, 0.3) is 10.9 Å². The minimum Gasteiger partial charge on any atom is -0.453 e. The molecule has 1 fully saturated rings. The van der Waals surface area contributed by atoms with E-state index in [-0.39, 0.29) is 29.8 Å². The highest BCUT2D eigenvalue weighted by Crippen LogP contribution is 2.47. The van der Waals surface area contributed by atoms with E-state index in [1.807, 2.05) is 24.3 Å². The summed E-state index contributed by atoms with van der Waals surface area (Å²) in [5.74, 6) is 0.382. The summed E-state index contributed by atoms with van der Waals surface area (Å²) in [4.78, 5) is 30.3. The smallest absolute Gasteiger partial charge is 0.410 e. The van der Waals surface area contributed by atoms with E-state index in [4.69, 9.17) is 4.74 Å². The van der Waals surface area contributed by atoms with Crippen LogP contribution in [0, 0.1) is 11.8 Å². The van der Waals surface area contributed by atoms with Crippen LogP contribution in [0.4, 0.5) is 4.79 Å². The third-order valence-electron chi connectivity index (χ3n) is 5.45. The van der Waals surface area contributed by atoms with E-state index < -0.39 is 0 Å². The summed E-state index contributed by atoms with van der Waals surface area (Å²) in [6, 6.07) is 7.82. The van der Waals surface area contributed by atoms with Crippen LogP contribution in [0.15, 0.2) is 24.3 Å². The van der Waals surface area contributed by atoms with Crippen molar-refractivity contribution in [3.05, 3.63) is 35.5 Å². The monoisotopic (exact) mass is 312 g/mol. The maximum absolute atomic E-state index is 12.9. The predicted octanol–water partition coefficient (Wildman–Crippen LogP) is 3.52. The van der Waals surface area contributed by atoms with E-state index in [0.29, 0.717) is 18.7 Å². The lowest BCUT2D eigenvalue weighted by Gasteiger charge is -2.45. The van der Waals surface area contributed by atoms with E-state index in [2.05, 4.69) is 11.9 Å². The van der Waals surface area contributed by atoms with Gasteiger partial charge in [-0.25, -0.2) is 4.79 Å². The topological polar surface area (TPSA) is 62.4 Å². The van der Waals surface area contributed by atoms with E-state index >= 15 is 0 Å².